The van der Waals surface area contributed by atoms with E-state index in [1.165, 1.54) is 0 Å². The van der Waals surface area contributed by atoms with E-state index in [9.17, 15) is 4.79 Å². The molecule has 0 aliphatic carbocycles. The molecule has 8 heteroatoms. The summed E-state index contributed by atoms with van der Waals surface area (Å²) in [5, 5.41) is 7.09. The highest BCUT2D eigenvalue weighted by Gasteiger charge is 2.14. The average molecular weight is 445 g/mol. The zero-order valence-electron chi connectivity index (χ0n) is 17.7. The highest BCUT2D eigenvalue weighted by atomic mass is 32.2. The number of benzene rings is 1. The van der Waals surface area contributed by atoms with Crippen LogP contribution in [0.5, 0.6) is 5.75 Å². The van der Waals surface area contributed by atoms with Crippen LogP contribution in [0, 0.1) is 0 Å². The Labute approximate surface area is 186 Å². The molecular formula is C22H28N4O2S2. The summed E-state index contributed by atoms with van der Waals surface area (Å²) < 4.78 is 5.55. The second-order valence-corrected chi connectivity index (χ2v) is 9.01. The predicted molar refractivity (Wildman–Crippen MR) is 126 cm³/mol. The fraction of sp³-hybridized carbons (Fsp3) is 0.409. The van der Waals surface area contributed by atoms with Crippen LogP contribution < -0.4 is 10.1 Å². The van der Waals surface area contributed by atoms with Gasteiger partial charge in [-0.15, -0.1) is 23.1 Å². The highest BCUT2D eigenvalue weighted by Crippen LogP contribution is 2.38. The number of thioether (sulfide) groups is 1. The second-order valence-electron chi connectivity index (χ2n) is 7.07. The van der Waals surface area contributed by atoms with Crippen molar-refractivity contribution in [2.45, 2.75) is 24.8 Å². The van der Waals surface area contributed by atoms with E-state index >= 15 is 0 Å². The van der Waals surface area contributed by atoms with Crippen molar-refractivity contribution >= 4 is 39.2 Å². The molecule has 1 amide bonds. The van der Waals surface area contributed by atoms with E-state index in [0.29, 0.717) is 25.3 Å². The van der Waals surface area contributed by atoms with Gasteiger partial charge in [-0.3, -0.25) is 4.79 Å². The molecule has 0 saturated carbocycles. The summed E-state index contributed by atoms with van der Waals surface area (Å²) in [4.78, 5) is 24.1. The number of ether oxygens (including phenoxy) is 1. The maximum Gasteiger partial charge on any atom is 0.220 e. The minimum Gasteiger partial charge on any atom is -0.494 e. The molecule has 2 aromatic heterocycles. The van der Waals surface area contributed by atoms with Gasteiger partial charge in [-0.25, -0.2) is 9.97 Å². The van der Waals surface area contributed by atoms with Crippen molar-refractivity contribution in [3.8, 4) is 16.9 Å². The Balaban J connectivity index is 1.64. The minimum atomic E-state index is 0.0867. The molecule has 0 atom stereocenters. The molecule has 2 heterocycles. The fourth-order valence-corrected chi connectivity index (χ4v) is 4.95. The third kappa shape index (κ3) is 6.17. The molecule has 0 radical (unpaired) electrons. The van der Waals surface area contributed by atoms with Gasteiger partial charge in [0.25, 0.3) is 0 Å². The average Bonchev–Trinajstić information content (AvgIpc) is 3.17. The lowest BCUT2D eigenvalue weighted by atomic mass is 10.1. The summed E-state index contributed by atoms with van der Waals surface area (Å²) in [5.74, 6) is 1.64. The summed E-state index contributed by atoms with van der Waals surface area (Å²) in [7, 11) is 4.07. The van der Waals surface area contributed by atoms with Crippen molar-refractivity contribution in [1.82, 2.24) is 20.2 Å². The van der Waals surface area contributed by atoms with E-state index in [4.69, 9.17) is 4.74 Å². The summed E-state index contributed by atoms with van der Waals surface area (Å²) in [6, 6.07) is 8.10. The normalized spacial score (nSPS) is 11.2. The first kappa shape index (κ1) is 22.5. The monoisotopic (exact) mass is 444 g/mol. The fourth-order valence-electron chi connectivity index (χ4n) is 3.02. The first-order valence-corrected chi connectivity index (χ1v) is 11.9. The van der Waals surface area contributed by atoms with Gasteiger partial charge in [-0.05, 0) is 51.7 Å². The Morgan fingerprint density at radius 1 is 1.23 bits per heavy atom. The number of amides is 1. The number of rotatable bonds is 11. The van der Waals surface area contributed by atoms with Crippen LogP contribution in [0.3, 0.4) is 0 Å². The lowest BCUT2D eigenvalue weighted by Gasteiger charge is -2.10. The van der Waals surface area contributed by atoms with Crippen LogP contribution in [0.4, 0.5) is 0 Å². The lowest BCUT2D eigenvalue weighted by Crippen LogP contribution is -2.27. The Bertz CT molecular complexity index is 957. The maximum absolute atomic E-state index is 12.1. The molecule has 0 aliphatic rings. The van der Waals surface area contributed by atoms with Crippen LogP contribution >= 0.6 is 23.1 Å². The van der Waals surface area contributed by atoms with Crippen LogP contribution in [0.25, 0.3) is 21.3 Å². The molecule has 30 heavy (non-hydrogen) atoms. The standard InChI is InChI=1S/C22H28N4O2S2/c1-4-28-17-8-6-16(7-9-17)18-14-30-22-20(18)21(24-15-25-22)29-13-10-19(27)23-11-5-12-26(2)3/h6-9,14-15H,4-5,10-13H2,1-3H3,(H,23,27). The van der Waals surface area contributed by atoms with E-state index in [-0.39, 0.29) is 5.91 Å². The van der Waals surface area contributed by atoms with Crippen LogP contribution in [0.15, 0.2) is 41.0 Å². The van der Waals surface area contributed by atoms with Gasteiger partial charge in [-0.2, -0.15) is 0 Å². The lowest BCUT2D eigenvalue weighted by molar-refractivity contribution is -0.120. The third-order valence-electron chi connectivity index (χ3n) is 4.48. The van der Waals surface area contributed by atoms with Gasteiger partial charge in [0.15, 0.2) is 0 Å². The number of hydrogen-bond donors (Lipinski definition) is 1. The van der Waals surface area contributed by atoms with Crippen LogP contribution in [-0.4, -0.2) is 60.3 Å². The molecule has 3 rings (SSSR count). The zero-order valence-corrected chi connectivity index (χ0v) is 19.3. The molecule has 160 valence electrons. The van der Waals surface area contributed by atoms with Crippen molar-refractivity contribution in [2.75, 3.05) is 39.5 Å². The number of carbonyl (C=O) groups excluding carboxylic acids is 1. The second kappa shape index (κ2) is 11.3. The number of aromatic nitrogens is 2. The van der Waals surface area contributed by atoms with E-state index in [1.54, 1.807) is 29.4 Å². The predicted octanol–water partition coefficient (Wildman–Crippen LogP) is 4.31. The minimum absolute atomic E-state index is 0.0867. The first-order chi connectivity index (χ1) is 14.6. The number of thiophene rings is 1. The summed E-state index contributed by atoms with van der Waals surface area (Å²) in [6.45, 7) is 4.32. The Kier molecular flexibility index (Phi) is 8.48. The number of nitrogens with one attached hydrogen (secondary N) is 1. The number of fused-ring (bicyclic) bond motifs is 1. The van der Waals surface area contributed by atoms with Gasteiger partial charge in [0.2, 0.25) is 5.91 Å². The zero-order chi connectivity index (χ0) is 21.3. The van der Waals surface area contributed by atoms with E-state index < -0.39 is 0 Å². The number of nitrogens with zero attached hydrogens (tertiary/aromatic N) is 3. The molecule has 0 fully saturated rings. The largest absolute Gasteiger partial charge is 0.494 e. The van der Waals surface area contributed by atoms with Crippen molar-refractivity contribution < 1.29 is 9.53 Å². The summed E-state index contributed by atoms with van der Waals surface area (Å²) in [5.41, 5.74) is 2.23. The summed E-state index contributed by atoms with van der Waals surface area (Å²) in [6.07, 6.45) is 3.03. The molecule has 0 bridgehead atoms. The molecule has 0 spiro atoms. The van der Waals surface area contributed by atoms with Crippen molar-refractivity contribution in [3.63, 3.8) is 0 Å². The molecule has 0 saturated heterocycles. The maximum atomic E-state index is 12.1. The van der Waals surface area contributed by atoms with Crippen LogP contribution in [0.1, 0.15) is 19.8 Å². The van der Waals surface area contributed by atoms with Crippen molar-refractivity contribution in [2.24, 2.45) is 0 Å². The Morgan fingerprint density at radius 2 is 2.03 bits per heavy atom. The smallest absolute Gasteiger partial charge is 0.220 e. The van der Waals surface area contributed by atoms with E-state index in [1.807, 2.05) is 33.2 Å². The van der Waals surface area contributed by atoms with E-state index in [2.05, 4.69) is 37.7 Å². The number of hydrogen-bond acceptors (Lipinski definition) is 7. The molecule has 6 nitrogen and oxygen atoms in total. The van der Waals surface area contributed by atoms with Gasteiger partial charge in [0.1, 0.15) is 21.9 Å². The molecule has 0 unspecified atom stereocenters. The van der Waals surface area contributed by atoms with Gasteiger partial charge in [0, 0.05) is 29.7 Å². The molecule has 0 aliphatic heterocycles. The van der Waals surface area contributed by atoms with Gasteiger partial charge >= 0.3 is 0 Å². The van der Waals surface area contributed by atoms with Crippen LogP contribution in [-0.2, 0) is 4.79 Å². The van der Waals surface area contributed by atoms with Gasteiger partial charge in [-0.1, -0.05) is 12.1 Å². The SMILES string of the molecule is CCOc1ccc(-c2csc3ncnc(SCCC(=O)NCCCN(C)C)c23)cc1. The van der Waals surface area contributed by atoms with Crippen LogP contribution in [0.2, 0.25) is 0 Å². The number of carbonyl (C=O) groups is 1. The molecule has 1 aromatic carbocycles. The van der Waals surface area contributed by atoms with E-state index in [0.717, 1.165) is 45.1 Å². The Morgan fingerprint density at radius 3 is 2.77 bits per heavy atom. The van der Waals surface area contributed by atoms with Gasteiger partial charge in [0.05, 0.1) is 12.0 Å². The molecule has 1 N–H and O–H groups in total. The first-order valence-electron chi connectivity index (χ1n) is 10.1. The molecule has 3 aromatic rings. The third-order valence-corrected chi connectivity index (χ3v) is 6.36. The van der Waals surface area contributed by atoms with Crippen molar-refractivity contribution in [3.05, 3.63) is 36.0 Å². The van der Waals surface area contributed by atoms with Gasteiger partial charge < -0.3 is 15.0 Å². The molecular weight excluding hydrogens is 416 g/mol. The quantitative estimate of drug-likeness (QED) is 0.270. The topological polar surface area (TPSA) is 67.3 Å². The van der Waals surface area contributed by atoms with Crippen molar-refractivity contribution in [1.29, 1.82) is 0 Å². The summed E-state index contributed by atoms with van der Waals surface area (Å²) >= 11 is 3.22. The Hall–Kier alpha value is -2.16. The highest BCUT2D eigenvalue weighted by molar-refractivity contribution is 7.99.